The van der Waals surface area contributed by atoms with Crippen molar-refractivity contribution in [2.24, 2.45) is 0 Å². The van der Waals surface area contributed by atoms with Crippen LogP contribution >= 0.6 is 0 Å². The minimum Gasteiger partial charge on any atom is -0.484 e. The summed E-state index contributed by atoms with van der Waals surface area (Å²) in [4.78, 5) is 18.7. The van der Waals surface area contributed by atoms with Crippen LogP contribution in [0.5, 0.6) is 5.75 Å². The van der Waals surface area contributed by atoms with Gasteiger partial charge in [-0.25, -0.2) is 9.37 Å². The van der Waals surface area contributed by atoms with Gasteiger partial charge in [-0.15, -0.1) is 0 Å². The fourth-order valence-electron chi connectivity index (χ4n) is 2.90. The van der Waals surface area contributed by atoms with Crippen molar-refractivity contribution in [3.8, 4) is 5.75 Å². The zero-order chi connectivity index (χ0) is 20.9. The number of aromatic nitrogens is 1. The minimum absolute atomic E-state index is 0.0507. The number of halogens is 1. The Morgan fingerprint density at radius 3 is 2.41 bits per heavy atom. The van der Waals surface area contributed by atoms with Crippen LogP contribution in [-0.2, 0) is 16.8 Å². The van der Waals surface area contributed by atoms with Gasteiger partial charge in [-0.3, -0.25) is 9.69 Å². The minimum atomic E-state index is -0.342. The van der Waals surface area contributed by atoms with Gasteiger partial charge in [-0.1, -0.05) is 51.1 Å². The smallest absolute Gasteiger partial charge is 0.266 e. The summed E-state index contributed by atoms with van der Waals surface area (Å²) in [5, 5.41) is 0. The van der Waals surface area contributed by atoms with Crippen LogP contribution < -0.4 is 9.64 Å². The number of ether oxygens (including phenoxy) is 1. The second-order valence-corrected chi connectivity index (χ2v) is 7.86. The van der Waals surface area contributed by atoms with Gasteiger partial charge >= 0.3 is 0 Å². The summed E-state index contributed by atoms with van der Waals surface area (Å²) in [6, 6.07) is 19.3. The number of amides is 1. The third-order valence-corrected chi connectivity index (χ3v) is 4.54. The van der Waals surface area contributed by atoms with Crippen LogP contribution in [0.4, 0.5) is 10.2 Å². The predicted molar refractivity (Wildman–Crippen MR) is 112 cm³/mol. The molecule has 4 nitrogen and oxygen atoms in total. The SMILES string of the molecule is CC(C)(C)c1ccc(OCC(=O)N(Cc2cccc(F)c2)c2ccccn2)cc1. The molecule has 0 saturated heterocycles. The molecule has 2 aromatic carbocycles. The van der Waals surface area contributed by atoms with Crippen LogP contribution in [0.1, 0.15) is 31.9 Å². The molecule has 0 aliphatic carbocycles. The molecule has 150 valence electrons. The van der Waals surface area contributed by atoms with Gasteiger partial charge in [0.25, 0.3) is 5.91 Å². The summed E-state index contributed by atoms with van der Waals surface area (Å²) in [5.74, 6) is 0.519. The molecule has 0 saturated carbocycles. The van der Waals surface area contributed by atoms with Gasteiger partial charge in [-0.05, 0) is 52.9 Å². The maximum absolute atomic E-state index is 13.6. The molecule has 0 aliphatic rings. The van der Waals surface area contributed by atoms with E-state index in [1.807, 2.05) is 24.3 Å². The predicted octanol–water partition coefficient (Wildman–Crippen LogP) is 5.13. The van der Waals surface area contributed by atoms with Crippen molar-refractivity contribution in [2.45, 2.75) is 32.7 Å². The van der Waals surface area contributed by atoms with E-state index in [-0.39, 0.29) is 30.3 Å². The zero-order valence-electron chi connectivity index (χ0n) is 16.9. The van der Waals surface area contributed by atoms with E-state index < -0.39 is 0 Å². The molecule has 3 rings (SSSR count). The molecule has 5 heteroatoms. The Labute approximate surface area is 171 Å². The Morgan fingerprint density at radius 2 is 1.79 bits per heavy atom. The summed E-state index contributed by atoms with van der Waals surface area (Å²) in [7, 11) is 0. The molecule has 1 heterocycles. The number of carbonyl (C=O) groups excluding carboxylic acids is 1. The highest BCUT2D eigenvalue weighted by Crippen LogP contribution is 2.24. The van der Waals surface area contributed by atoms with Crippen LogP contribution in [0, 0.1) is 5.82 Å². The average molecular weight is 392 g/mol. The van der Waals surface area contributed by atoms with E-state index in [0.29, 0.717) is 17.1 Å². The monoisotopic (exact) mass is 392 g/mol. The highest BCUT2D eigenvalue weighted by Gasteiger charge is 2.19. The first kappa shape index (κ1) is 20.5. The maximum atomic E-state index is 13.6. The Hall–Kier alpha value is -3.21. The third kappa shape index (κ3) is 5.64. The van der Waals surface area contributed by atoms with Gasteiger partial charge in [0.05, 0.1) is 6.54 Å². The van der Waals surface area contributed by atoms with Crippen molar-refractivity contribution >= 4 is 11.7 Å². The molecule has 0 bridgehead atoms. The second kappa shape index (κ2) is 8.86. The number of hydrogen-bond donors (Lipinski definition) is 0. The van der Waals surface area contributed by atoms with Crippen LogP contribution in [0.3, 0.4) is 0 Å². The van der Waals surface area contributed by atoms with Gasteiger partial charge in [0, 0.05) is 6.20 Å². The Balaban J connectivity index is 1.73. The average Bonchev–Trinajstić information content (AvgIpc) is 2.70. The number of pyridine rings is 1. The Bertz CT molecular complexity index is 951. The first-order valence-electron chi connectivity index (χ1n) is 9.52. The molecule has 0 atom stereocenters. The largest absolute Gasteiger partial charge is 0.484 e. The topological polar surface area (TPSA) is 42.4 Å². The number of carbonyl (C=O) groups is 1. The number of hydrogen-bond acceptors (Lipinski definition) is 3. The molecule has 0 radical (unpaired) electrons. The fourth-order valence-corrected chi connectivity index (χ4v) is 2.90. The van der Waals surface area contributed by atoms with E-state index in [2.05, 4.69) is 25.8 Å². The summed E-state index contributed by atoms with van der Waals surface area (Å²) in [6.45, 7) is 6.50. The fraction of sp³-hybridized carbons (Fsp3) is 0.250. The first-order valence-corrected chi connectivity index (χ1v) is 9.52. The molecule has 0 aliphatic heterocycles. The molecule has 0 fully saturated rings. The van der Waals surface area contributed by atoms with Gasteiger partial charge in [0.2, 0.25) is 0 Å². The summed E-state index contributed by atoms with van der Waals surface area (Å²) in [6.07, 6.45) is 1.62. The summed E-state index contributed by atoms with van der Waals surface area (Å²) >= 11 is 0. The maximum Gasteiger partial charge on any atom is 0.266 e. The van der Waals surface area contributed by atoms with Crippen LogP contribution in [0.2, 0.25) is 0 Å². The van der Waals surface area contributed by atoms with Gasteiger partial charge in [-0.2, -0.15) is 0 Å². The lowest BCUT2D eigenvalue weighted by molar-refractivity contribution is -0.120. The molecular formula is C24H25FN2O2. The van der Waals surface area contributed by atoms with Crippen LogP contribution in [-0.4, -0.2) is 17.5 Å². The van der Waals surface area contributed by atoms with Crippen molar-refractivity contribution in [1.82, 2.24) is 4.98 Å². The molecule has 1 aromatic heterocycles. The van der Waals surface area contributed by atoms with E-state index in [9.17, 15) is 9.18 Å². The van der Waals surface area contributed by atoms with Crippen molar-refractivity contribution in [1.29, 1.82) is 0 Å². The highest BCUT2D eigenvalue weighted by molar-refractivity contribution is 5.93. The van der Waals surface area contributed by atoms with E-state index in [1.165, 1.54) is 22.6 Å². The Kier molecular flexibility index (Phi) is 6.27. The number of nitrogens with zero attached hydrogens (tertiary/aromatic N) is 2. The van der Waals surface area contributed by atoms with Crippen molar-refractivity contribution < 1.29 is 13.9 Å². The normalized spacial score (nSPS) is 11.2. The van der Waals surface area contributed by atoms with Crippen molar-refractivity contribution in [3.63, 3.8) is 0 Å². The van der Waals surface area contributed by atoms with E-state index in [4.69, 9.17) is 4.74 Å². The van der Waals surface area contributed by atoms with Gasteiger partial charge in [0.1, 0.15) is 17.4 Å². The van der Waals surface area contributed by atoms with Gasteiger partial charge in [0.15, 0.2) is 6.61 Å². The van der Waals surface area contributed by atoms with Crippen molar-refractivity contribution in [3.05, 3.63) is 89.9 Å². The van der Waals surface area contributed by atoms with Crippen molar-refractivity contribution in [2.75, 3.05) is 11.5 Å². The number of benzene rings is 2. The lowest BCUT2D eigenvalue weighted by Crippen LogP contribution is -2.35. The zero-order valence-corrected chi connectivity index (χ0v) is 16.9. The molecule has 0 N–H and O–H groups in total. The van der Waals surface area contributed by atoms with Gasteiger partial charge < -0.3 is 4.74 Å². The molecular weight excluding hydrogens is 367 g/mol. The first-order chi connectivity index (χ1) is 13.8. The molecule has 29 heavy (non-hydrogen) atoms. The lowest BCUT2D eigenvalue weighted by atomic mass is 9.87. The molecule has 3 aromatic rings. The number of rotatable bonds is 6. The number of anilines is 1. The van der Waals surface area contributed by atoms with E-state index in [0.717, 1.165) is 0 Å². The van der Waals surface area contributed by atoms with E-state index in [1.54, 1.807) is 36.5 Å². The summed E-state index contributed by atoms with van der Waals surface area (Å²) in [5.41, 5.74) is 1.92. The van der Waals surface area contributed by atoms with E-state index >= 15 is 0 Å². The highest BCUT2D eigenvalue weighted by atomic mass is 19.1. The molecule has 1 amide bonds. The second-order valence-electron chi connectivity index (χ2n) is 7.86. The van der Waals surface area contributed by atoms with Crippen LogP contribution in [0.15, 0.2) is 72.9 Å². The molecule has 0 unspecified atom stereocenters. The third-order valence-electron chi connectivity index (χ3n) is 4.54. The standard InChI is InChI=1S/C24H25FN2O2/c1-24(2,3)19-10-12-21(13-11-19)29-17-23(28)27(22-9-4-5-14-26-22)16-18-7-6-8-20(25)15-18/h4-15H,16-17H2,1-3H3. The Morgan fingerprint density at radius 1 is 1.03 bits per heavy atom. The summed E-state index contributed by atoms with van der Waals surface area (Å²) < 4.78 is 19.3. The quantitative estimate of drug-likeness (QED) is 0.584. The molecule has 0 spiro atoms. The lowest BCUT2D eigenvalue weighted by Gasteiger charge is -2.22. The van der Waals surface area contributed by atoms with Crippen LogP contribution in [0.25, 0.3) is 0 Å².